The van der Waals surface area contributed by atoms with Crippen molar-refractivity contribution in [3.05, 3.63) is 17.1 Å². The molecule has 4 heteroatoms. The minimum absolute atomic E-state index is 0.443. The van der Waals surface area contributed by atoms with E-state index in [1.165, 1.54) is 5.56 Å². The molecule has 1 aliphatic heterocycles. The van der Waals surface area contributed by atoms with Crippen LogP contribution >= 0.6 is 0 Å². The lowest BCUT2D eigenvalue weighted by molar-refractivity contribution is 0.0835. The molecule has 1 aromatic rings. The Morgan fingerprint density at radius 1 is 1.25 bits per heavy atom. The summed E-state index contributed by atoms with van der Waals surface area (Å²) in [6.45, 7) is 11.3. The van der Waals surface area contributed by atoms with E-state index in [1.807, 2.05) is 0 Å². The van der Waals surface area contributed by atoms with Crippen LogP contribution in [0.1, 0.15) is 69.0 Å². The molecule has 0 bridgehead atoms. The topological polar surface area (TPSA) is 47.0 Å². The van der Waals surface area contributed by atoms with E-state index in [-0.39, 0.29) is 0 Å². The van der Waals surface area contributed by atoms with Crippen molar-refractivity contribution < 1.29 is 4.74 Å². The van der Waals surface area contributed by atoms with Gasteiger partial charge in [0, 0.05) is 36.9 Å². The Bertz CT molecular complexity index is 440. The molecule has 1 N–H and O–H groups in total. The van der Waals surface area contributed by atoms with Crippen LogP contribution in [0.3, 0.4) is 0 Å². The minimum atomic E-state index is 0.443. The quantitative estimate of drug-likeness (QED) is 0.893. The minimum Gasteiger partial charge on any atom is -0.381 e. The molecule has 1 saturated heterocycles. The number of aromatic nitrogens is 2. The molecule has 1 aliphatic rings. The molecule has 0 aromatic carbocycles. The Balaban J connectivity index is 2.31. The monoisotopic (exact) mass is 277 g/mol. The second kappa shape index (κ2) is 7.02. The van der Waals surface area contributed by atoms with Gasteiger partial charge in [0.2, 0.25) is 0 Å². The van der Waals surface area contributed by atoms with E-state index < -0.39 is 0 Å². The Hall–Kier alpha value is -1.16. The Morgan fingerprint density at radius 3 is 2.55 bits per heavy atom. The van der Waals surface area contributed by atoms with Crippen molar-refractivity contribution >= 4 is 5.82 Å². The molecule has 1 fully saturated rings. The molecule has 112 valence electrons. The van der Waals surface area contributed by atoms with Gasteiger partial charge in [-0.3, -0.25) is 0 Å². The largest absolute Gasteiger partial charge is 0.381 e. The zero-order chi connectivity index (χ0) is 14.5. The summed E-state index contributed by atoms with van der Waals surface area (Å²) in [7, 11) is 0. The number of rotatable bonds is 5. The molecule has 20 heavy (non-hydrogen) atoms. The van der Waals surface area contributed by atoms with Gasteiger partial charge in [-0.1, -0.05) is 20.8 Å². The lowest BCUT2D eigenvalue weighted by Crippen LogP contribution is -2.19. The highest BCUT2D eigenvalue weighted by Crippen LogP contribution is 2.30. The van der Waals surface area contributed by atoms with Gasteiger partial charge in [0.25, 0.3) is 0 Å². The summed E-state index contributed by atoms with van der Waals surface area (Å²) in [4.78, 5) is 9.62. The molecule has 1 aromatic heterocycles. The molecule has 0 saturated carbocycles. The highest BCUT2D eigenvalue weighted by atomic mass is 16.5. The molecule has 2 heterocycles. The number of hydrogen-bond donors (Lipinski definition) is 1. The maximum absolute atomic E-state index is 5.44. The van der Waals surface area contributed by atoms with E-state index in [0.717, 1.165) is 56.4 Å². The third kappa shape index (κ3) is 3.48. The number of nitrogens with zero attached hydrogens (tertiary/aromatic N) is 2. The Kier molecular flexibility index (Phi) is 5.35. The normalized spacial score (nSPS) is 16.6. The zero-order valence-electron chi connectivity index (χ0n) is 13.2. The second-order valence-electron chi connectivity index (χ2n) is 5.90. The van der Waals surface area contributed by atoms with E-state index in [9.17, 15) is 0 Å². The fourth-order valence-electron chi connectivity index (χ4n) is 2.81. The molecular formula is C16H27N3O. The van der Waals surface area contributed by atoms with Gasteiger partial charge in [0.1, 0.15) is 11.6 Å². The van der Waals surface area contributed by atoms with Crippen LogP contribution in [0.2, 0.25) is 0 Å². The van der Waals surface area contributed by atoms with Gasteiger partial charge in [-0.15, -0.1) is 0 Å². The highest BCUT2D eigenvalue weighted by Gasteiger charge is 2.22. The van der Waals surface area contributed by atoms with Crippen molar-refractivity contribution in [1.29, 1.82) is 0 Å². The summed E-state index contributed by atoms with van der Waals surface area (Å²) < 4.78 is 5.44. The van der Waals surface area contributed by atoms with E-state index in [4.69, 9.17) is 14.7 Å². The van der Waals surface area contributed by atoms with E-state index in [1.54, 1.807) is 0 Å². The number of nitrogens with one attached hydrogen (secondary N) is 1. The maximum atomic E-state index is 5.44. The number of hydrogen-bond acceptors (Lipinski definition) is 4. The van der Waals surface area contributed by atoms with Crippen LogP contribution in [0.5, 0.6) is 0 Å². The van der Waals surface area contributed by atoms with Crippen LogP contribution in [0.15, 0.2) is 0 Å². The van der Waals surface area contributed by atoms with Gasteiger partial charge in [-0.05, 0) is 32.1 Å². The summed E-state index contributed by atoms with van der Waals surface area (Å²) >= 11 is 0. The number of anilines is 1. The lowest BCUT2D eigenvalue weighted by Gasteiger charge is -2.23. The van der Waals surface area contributed by atoms with E-state index >= 15 is 0 Å². The number of aryl methyl sites for hydroxylation is 1. The van der Waals surface area contributed by atoms with Crippen molar-refractivity contribution in [2.75, 3.05) is 25.1 Å². The maximum Gasteiger partial charge on any atom is 0.134 e. The summed E-state index contributed by atoms with van der Waals surface area (Å²) in [6.07, 6.45) is 3.18. The first-order valence-corrected chi connectivity index (χ1v) is 7.83. The van der Waals surface area contributed by atoms with E-state index in [2.05, 4.69) is 33.0 Å². The summed E-state index contributed by atoms with van der Waals surface area (Å²) in [5, 5.41) is 3.48. The van der Waals surface area contributed by atoms with Gasteiger partial charge < -0.3 is 10.1 Å². The molecule has 0 aliphatic carbocycles. The molecule has 0 atom stereocenters. The average Bonchev–Trinajstić information content (AvgIpc) is 2.45. The highest BCUT2D eigenvalue weighted by molar-refractivity contribution is 5.48. The third-order valence-corrected chi connectivity index (χ3v) is 3.86. The molecule has 0 amide bonds. The Morgan fingerprint density at radius 2 is 1.95 bits per heavy atom. The summed E-state index contributed by atoms with van der Waals surface area (Å²) in [5.74, 6) is 2.92. The molecule has 4 nitrogen and oxygen atoms in total. The predicted molar refractivity (Wildman–Crippen MR) is 82.4 cm³/mol. The standard InChI is InChI=1S/C16H27N3O/c1-5-8-17-16-14(11(2)3)12(4)18-15(19-16)13-6-9-20-10-7-13/h11,13H,5-10H2,1-4H3,(H,17,18,19). The van der Waals surface area contributed by atoms with Crippen LogP contribution < -0.4 is 5.32 Å². The molecule has 2 rings (SSSR count). The van der Waals surface area contributed by atoms with Gasteiger partial charge in [0.05, 0.1) is 0 Å². The van der Waals surface area contributed by atoms with Crippen LogP contribution in [0.25, 0.3) is 0 Å². The van der Waals surface area contributed by atoms with Crippen LogP contribution in [0, 0.1) is 6.92 Å². The van der Waals surface area contributed by atoms with Crippen molar-refractivity contribution in [3.63, 3.8) is 0 Å². The third-order valence-electron chi connectivity index (χ3n) is 3.86. The van der Waals surface area contributed by atoms with Gasteiger partial charge in [0.15, 0.2) is 0 Å². The summed E-state index contributed by atoms with van der Waals surface area (Å²) in [6, 6.07) is 0. The SMILES string of the molecule is CCCNc1nc(C2CCOCC2)nc(C)c1C(C)C. The van der Waals surface area contributed by atoms with Crippen molar-refractivity contribution in [2.45, 2.75) is 58.8 Å². The molecule has 0 radical (unpaired) electrons. The zero-order valence-corrected chi connectivity index (χ0v) is 13.2. The first-order chi connectivity index (χ1) is 9.63. The van der Waals surface area contributed by atoms with Crippen LogP contribution in [-0.2, 0) is 4.74 Å². The van der Waals surface area contributed by atoms with Crippen molar-refractivity contribution in [2.24, 2.45) is 0 Å². The molecular weight excluding hydrogens is 250 g/mol. The predicted octanol–water partition coefficient (Wildman–Crippen LogP) is 3.62. The fraction of sp³-hybridized carbons (Fsp3) is 0.750. The average molecular weight is 277 g/mol. The first kappa shape index (κ1) is 15.2. The first-order valence-electron chi connectivity index (χ1n) is 7.83. The van der Waals surface area contributed by atoms with Gasteiger partial charge in [-0.2, -0.15) is 0 Å². The van der Waals surface area contributed by atoms with Crippen molar-refractivity contribution in [3.8, 4) is 0 Å². The molecule has 0 spiro atoms. The molecule has 0 unspecified atom stereocenters. The lowest BCUT2D eigenvalue weighted by atomic mass is 9.97. The fourth-order valence-corrected chi connectivity index (χ4v) is 2.81. The Labute approximate surface area is 122 Å². The second-order valence-corrected chi connectivity index (χ2v) is 5.90. The van der Waals surface area contributed by atoms with Gasteiger partial charge in [-0.25, -0.2) is 9.97 Å². The number of ether oxygens (including phenoxy) is 1. The summed E-state index contributed by atoms with van der Waals surface area (Å²) in [5.41, 5.74) is 2.38. The van der Waals surface area contributed by atoms with Crippen LogP contribution in [-0.4, -0.2) is 29.7 Å². The van der Waals surface area contributed by atoms with Crippen molar-refractivity contribution in [1.82, 2.24) is 9.97 Å². The van der Waals surface area contributed by atoms with E-state index in [0.29, 0.717) is 11.8 Å². The van der Waals surface area contributed by atoms with Gasteiger partial charge >= 0.3 is 0 Å². The van der Waals surface area contributed by atoms with Crippen LogP contribution in [0.4, 0.5) is 5.82 Å². The smallest absolute Gasteiger partial charge is 0.134 e.